The van der Waals surface area contributed by atoms with Crippen LogP contribution in [-0.2, 0) is 9.53 Å². The van der Waals surface area contributed by atoms with Crippen molar-refractivity contribution in [3.05, 3.63) is 0 Å². The van der Waals surface area contributed by atoms with Gasteiger partial charge in [0.15, 0.2) is 0 Å². The molecule has 0 aromatic heterocycles. The zero-order chi connectivity index (χ0) is 13.5. The lowest BCUT2D eigenvalue weighted by atomic mass is 9.91. The predicted molar refractivity (Wildman–Crippen MR) is 77.0 cm³/mol. The fourth-order valence-corrected chi connectivity index (χ4v) is 3.62. The Kier molecular flexibility index (Phi) is 6.15. The summed E-state index contributed by atoms with van der Waals surface area (Å²) < 4.78 is 5.31. The van der Waals surface area contributed by atoms with Gasteiger partial charge in [0.1, 0.15) is 6.04 Å². The number of carbonyl (C=O) groups is 1. The van der Waals surface area contributed by atoms with Gasteiger partial charge < -0.3 is 10.1 Å². The van der Waals surface area contributed by atoms with Crippen molar-refractivity contribution in [2.75, 3.05) is 6.61 Å². The van der Waals surface area contributed by atoms with Gasteiger partial charge in [0.25, 0.3) is 0 Å². The summed E-state index contributed by atoms with van der Waals surface area (Å²) in [6, 6.07) is 0.485. The highest BCUT2D eigenvalue weighted by Gasteiger charge is 2.32. The first-order valence-electron chi connectivity index (χ1n) is 8.24. The largest absolute Gasteiger partial charge is 0.465 e. The first kappa shape index (κ1) is 14.8. The summed E-state index contributed by atoms with van der Waals surface area (Å²) in [7, 11) is 0. The number of hydrogen-bond donors (Lipinski definition) is 1. The second-order valence-electron chi connectivity index (χ2n) is 6.13. The molecule has 0 aromatic carbocycles. The molecule has 110 valence electrons. The van der Waals surface area contributed by atoms with Crippen molar-refractivity contribution < 1.29 is 9.53 Å². The Bertz CT molecular complexity index is 266. The van der Waals surface area contributed by atoms with E-state index in [0.29, 0.717) is 18.6 Å². The summed E-state index contributed by atoms with van der Waals surface area (Å²) in [5.74, 6) is 0.475. The van der Waals surface area contributed by atoms with E-state index in [2.05, 4.69) is 5.32 Å². The van der Waals surface area contributed by atoms with E-state index in [1.54, 1.807) is 0 Å². The van der Waals surface area contributed by atoms with Gasteiger partial charge in [-0.15, -0.1) is 0 Å². The average Bonchev–Trinajstić information content (AvgIpc) is 2.77. The maximum absolute atomic E-state index is 12.3. The first-order chi connectivity index (χ1) is 9.31. The zero-order valence-electron chi connectivity index (χ0n) is 12.3. The quantitative estimate of drug-likeness (QED) is 0.612. The minimum Gasteiger partial charge on any atom is -0.465 e. The van der Waals surface area contributed by atoms with Crippen molar-refractivity contribution in [1.29, 1.82) is 0 Å². The predicted octanol–water partition coefficient (Wildman–Crippen LogP) is 3.42. The number of esters is 1. The van der Waals surface area contributed by atoms with Gasteiger partial charge in [-0.3, -0.25) is 4.79 Å². The Balaban J connectivity index is 1.96. The van der Waals surface area contributed by atoms with Gasteiger partial charge in [-0.05, 0) is 38.5 Å². The molecule has 0 aromatic rings. The Morgan fingerprint density at radius 3 is 2.21 bits per heavy atom. The summed E-state index contributed by atoms with van der Waals surface area (Å²) in [5.41, 5.74) is 0. The van der Waals surface area contributed by atoms with Crippen LogP contribution in [0.1, 0.15) is 71.1 Å². The van der Waals surface area contributed by atoms with Crippen molar-refractivity contribution in [2.45, 2.75) is 83.2 Å². The lowest BCUT2D eigenvalue weighted by molar-refractivity contribution is -0.147. The van der Waals surface area contributed by atoms with Gasteiger partial charge in [-0.2, -0.15) is 0 Å². The Morgan fingerprint density at radius 1 is 1.05 bits per heavy atom. The smallest absolute Gasteiger partial charge is 0.323 e. The van der Waals surface area contributed by atoms with Crippen LogP contribution in [0.2, 0.25) is 0 Å². The van der Waals surface area contributed by atoms with Crippen LogP contribution in [0.25, 0.3) is 0 Å². The van der Waals surface area contributed by atoms with Crippen molar-refractivity contribution in [2.24, 2.45) is 5.92 Å². The lowest BCUT2D eigenvalue weighted by Crippen LogP contribution is -2.47. The molecule has 1 atom stereocenters. The fourth-order valence-electron chi connectivity index (χ4n) is 3.62. The fraction of sp³-hybridized carbons (Fsp3) is 0.938. The van der Waals surface area contributed by atoms with Crippen LogP contribution in [-0.4, -0.2) is 24.7 Å². The molecule has 2 rings (SSSR count). The van der Waals surface area contributed by atoms with Crippen LogP contribution in [0, 0.1) is 5.92 Å². The molecule has 0 radical (unpaired) electrons. The molecule has 0 heterocycles. The minimum absolute atomic E-state index is 0.0127. The third-order valence-electron chi connectivity index (χ3n) is 4.68. The number of carbonyl (C=O) groups excluding carboxylic acids is 1. The third-order valence-corrected chi connectivity index (χ3v) is 4.68. The maximum Gasteiger partial charge on any atom is 0.323 e. The van der Waals surface area contributed by atoms with Gasteiger partial charge in [-0.1, -0.05) is 38.5 Å². The summed E-state index contributed by atoms with van der Waals surface area (Å²) in [5, 5.41) is 3.62. The normalized spacial score (nSPS) is 24.1. The van der Waals surface area contributed by atoms with E-state index in [0.717, 1.165) is 0 Å². The van der Waals surface area contributed by atoms with E-state index in [1.165, 1.54) is 64.2 Å². The van der Waals surface area contributed by atoms with Gasteiger partial charge in [0.2, 0.25) is 0 Å². The second kappa shape index (κ2) is 7.88. The van der Waals surface area contributed by atoms with Crippen LogP contribution in [0.5, 0.6) is 0 Å². The monoisotopic (exact) mass is 267 g/mol. The first-order valence-corrected chi connectivity index (χ1v) is 8.24. The van der Waals surface area contributed by atoms with E-state index < -0.39 is 0 Å². The number of nitrogens with one attached hydrogen (secondary N) is 1. The maximum atomic E-state index is 12.3. The highest BCUT2D eigenvalue weighted by molar-refractivity contribution is 5.76. The molecule has 2 aliphatic rings. The topological polar surface area (TPSA) is 38.3 Å². The highest BCUT2D eigenvalue weighted by atomic mass is 16.5. The summed E-state index contributed by atoms with van der Waals surface area (Å²) in [4.78, 5) is 12.3. The Hall–Kier alpha value is -0.570. The average molecular weight is 267 g/mol. The number of rotatable bonds is 5. The van der Waals surface area contributed by atoms with Gasteiger partial charge in [0, 0.05) is 6.04 Å². The number of hydrogen-bond acceptors (Lipinski definition) is 3. The van der Waals surface area contributed by atoms with E-state index in [9.17, 15) is 4.79 Å². The molecule has 0 amide bonds. The molecule has 19 heavy (non-hydrogen) atoms. The molecule has 2 aliphatic carbocycles. The summed E-state index contributed by atoms with van der Waals surface area (Å²) in [6.45, 7) is 2.39. The zero-order valence-corrected chi connectivity index (χ0v) is 12.3. The molecular weight excluding hydrogens is 238 g/mol. The molecule has 3 heteroatoms. The SMILES string of the molecule is CCOC(=O)C(NC1CCCC1)C1CCCCCC1. The molecule has 2 saturated carbocycles. The van der Waals surface area contributed by atoms with Crippen molar-refractivity contribution in [3.63, 3.8) is 0 Å². The van der Waals surface area contributed by atoms with Crippen LogP contribution < -0.4 is 5.32 Å². The lowest BCUT2D eigenvalue weighted by Gasteiger charge is -2.28. The summed E-state index contributed by atoms with van der Waals surface area (Å²) in [6.07, 6.45) is 12.6. The second-order valence-corrected chi connectivity index (χ2v) is 6.13. The third kappa shape index (κ3) is 4.48. The van der Waals surface area contributed by atoms with E-state index in [1.807, 2.05) is 6.92 Å². The molecule has 3 nitrogen and oxygen atoms in total. The molecule has 0 bridgehead atoms. The molecule has 2 fully saturated rings. The molecule has 0 aliphatic heterocycles. The van der Waals surface area contributed by atoms with Crippen LogP contribution >= 0.6 is 0 Å². The highest BCUT2D eigenvalue weighted by Crippen LogP contribution is 2.28. The van der Waals surface area contributed by atoms with Crippen molar-refractivity contribution in [3.8, 4) is 0 Å². The molecule has 0 saturated heterocycles. The summed E-state index contributed by atoms with van der Waals surface area (Å²) >= 11 is 0. The van der Waals surface area contributed by atoms with E-state index >= 15 is 0 Å². The van der Waals surface area contributed by atoms with Crippen LogP contribution in [0.4, 0.5) is 0 Å². The Labute approximate surface area is 117 Å². The number of ether oxygens (including phenoxy) is 1. The Morgan fingerprint density at radius 2 is 1.63 bits per heavy atom. The van der Waals surface area contributed by atoms with Gasteiger partial charge in [-0.25, -0.2) is 0 Å². The van der Waals surface area contributed by atoms with Crippen molar-refractivity contribution >= 4 is 5.97 Å². The molecule has 1 unspecified atom stereocenters. The van der Waals surface area contributed by atoms with Crippen molar-refractivity contribution in [1.82, 2.24) is 5.32 Å². The van der Waals surface area contributed by atoms with Gasteiger partial charge >= 0.3 is 5.97 Å². The van der Waals surface area contributed by atoms with Crippen LogP contribution in [0.15, 0.2) is 0 Å². The standard InChI is InChI=1S/C16H29NO2/c1-2-19-16(18)15(17-14-11-7-8-12-14)13-9-5-3-4-6-10-13/h13-15,17H,2-12H2,1H3. The minimum atomic E-state index is -0.0545. The van der Waals surface area contributed by atoms with E-state index in [-0.39, 0.29) is 12.0 Å². The molecular formula is C16H29NO2. The van der Waals surface area contributed by atoms with E-state index in [4.69, 9.17) is 4.74 Å². The van der Waals surface area contributed by atoms with Crippen LogP contribution in [0.3, 0.4) is 0 Å². The molecule has 1 N–H and O–H groups in total. The molecule has 0 spiro atoms. The van der Waals surface area contributed by atoms with Gasteiger partial charge in [0.05, 0.1) is 6.61 Å².